The van der Waals surface area contributed by atoms with Crippen LogP contribution in [0.5, 0.6) is 0 Å². The average Bonchev–Trinajstić information content (AvgIpc) is 2.75. The molecule has 2 amide bonds. The lowest BCUT2D eigenvalue weighted by Gasteiger charge is -2.35. The highest BCUT2D eigenvalue weighted by Gasteiger charge is 2.38. The van der Waals surface area contributed by atoms with Crippen LogP contribution in [0, 0.1) is 12.8 Å². The molecule has 126 valence electrons. The summed E-state index contributed by atoms with van der Waals surface area (Å²) in [6.45, 7) is 4.57. The van der Waals surface area contributed by atoms with E-state index < -0.39 is 0 Å². The number of amides is 2. The van der Waals surface area contributed by atoms with Crippen LogP contribution in [0.2, 0.25) is 0 Å². The Labute approximate surface area is 136 Å². The van der Waals surface area contributed by atoms with Crippen molar-refractivity contribution in [1.82, 2.24) is 19.9 Å². The Kier molecular flexibility index (Phi) is 4.39. The minimum absolute atomic E-state index is 0.0580. The maximum atomic E-state index is 12.7. The van der Waals surface area contributed by atoms with E-state index in [1.165, 1.54) is 0 Å². The summed E-state index contributed by atoms with van der Waals surface area (Å²) in [5, 5.41) is 3.86. The Bertz CT molecular complexity index is 598. The van der Waals surface area contributed by atoms with Gasteiger partial charge in [0.2, 0.25) is 5.91 Å². The summed E-state index contributed by atoms with van der Waals surface area (Å²) in [6.07, 6.45) is 2.10. The molecule has 4 rings (SSSR count). The van der Waals surface area contributed by atoms with Gasteiger partial charge < -0.3 is 14.3 Å². The number of hydrogen-bond donors (Lipinski definition) is 0. The SMILES string of the molecule is Cc1cc(C(=O)N2C[C@@H]3CC[C@H]2CN(CC(=O)N(C)C)C3)no1. The van der Waals surface area contributed by atoms with Gasteiger partial charge in [0, 0.05) is 45.8 Å². The molecule has 1 aromatic rings. The average molecular weight is 320 g/mol. The molecule has 3 aliphatic heterocycles. The number of fused-ring (bicyclic) bond motifs is 4. The standard InChI is InChI=1S/C16H24N4O3/c1-11-6-14(17-23-11)16(22)20-8-12-4-5-13(20)9-19(7-12)10-15(21)18(2)3/h6,12-13H,4-5,7-10H2,1-3H3/t12-,13+/m1/s1. The number of aryl methyl sites for hydroxylation is 1. The maximum Gasteiger partial charge on any atom is 0.276 e. The largest absolute Gasteiger partial charge is 0.361 e. The quantitative estimate of drug-likeness (QED) is 0.816. The van der Waals surface area contributed by atoms with Gasteiger partial charge in [-0.2, -0.15) is 0 Å². The Hall–Kier alpha value is -1.89. The van der Waals surface area contributed by atoms with Crippen LogP contribution in [-0.4, -0.2) is 78.0 Å². The summed E-state index contributed by atoms with van der Waals surface area (Å²) in [7, 11) is 3.55. The van der Waals surface area contributed by atoms with E-state index in [1.54, 1.807) is 32.0 Å². The summed E-state index contributed by atoms with van der Waals surface area (Å²) in [5.74, 6) is 1.11. The molecule has 3 aliphatic rings. The highest BCUT2D eigenvalue weighted by atomic mass is 16.5. The molecule has 0 spiro atoms. The van der Waals surface area contributed by atoms with Gasteiger partial charge in [0.25, 0.3) is 5.91 Å². The highest BCUT2D eigenvalue weighted by Crippen LogP contribution is 2.29. The molecule has 0 N–H and O–H groups in total. The first-order chi connectivity index (χ1) is 10.9. The minimum Gasteiger partial charge on any atom is -0.361 e. The van der Waals surface area contributed by atoms with E-state index in [4.69, 9.17) is 4.52 Å². The van der Waals surface area contributed by atoms with Crippen LogP contribution in [0.3, 0.4) is 0 Å². The molecule has 0 radical (unpaired) electrons. The number of likely N-dealkylation sites (N-methyl/N-ethyl adjacent to an activating group) is 1. The third-order valence-corrected chi connectivity index (χ3v) is 4.75. The zero-order chi connectivity index (χ0) is 16.6. The molecule has 2 atom stereocenters. The lowest BCUT2D eigenvalue weighted by molar-refractivity contribution is -0.129. The Morgan fingerprint density at radius 2 is 2.09 bits per heavy atom. The van der Waals surface area contributed by atoms with Gasteiger partial charge >= 0.3 is 0 Å². The van der Waals surface area contributed by atoms with E-state index in [9.17, 15) is 9.59 Å². The topological polar surface area (TPSA) is 69.9 Å². The van der Waals surface area contributed by atoms with Gasteiger partial charge in [0.1, 0.15) is 5.76 Å². The van der Waals surface area contributed by atoms with Gasteiger partial charge in [-0.3, -0.25) is 14.5 Å². The Morgan fingerprint density at radius 1 is 1.30 bits per heavy atom. The third-order valence-electron chi connectivity index (χ3n) is 4.75. The number of carbonyl (C=O) groups excluding carboxylic acids is 2. The zero-order valence-electron chi connectivity index (χ0n) is 14.0. The van der Waals surface area contributed by atoms with E-state index in [2.05, 4.69) is 10.1 Å². The zero-order valence-corrected chi connectivity index (χ0v) is 14.0. The Morgan fingerprint density at radius 3 is 2.74 bits per heavy atom. The van der Waals surface area contributed by atoms with Gasteiger partial charge in [-0.15, -0.1) is 0 Å². The molecule has 7 heteroatoms. The second-order valence-electron chi connectivity index (χ2n) is 6.86. The molecule has 4 heterocycles. The monoisotopic (exact) mass is 320 g/mol. The van der Waals surface area contributed by atoms with Crippen molar-refractivity contribution < 1.29 is 14.1 Å². The first kappa shape index (κ1) is 16.0. The molecule has 0 aromatic carbocycles. The summed E-state index contributed by atoms with van der Waals surface area (Å²) in [4.78, 5) is 30.4. The normalized spacial score (nSPS) is 24.6. The van der Waals surface area contributed by atoms with Crippen molar-refractivity contribution in [2.45, 2.75) is 25.8 Å². The number of aromatic nitrogens is 1. The van der Waals surface area contributed by atoms with Crippen LogP contribution < -0.4 is 0 Å². The van der Waals surface area contributed by atoms with Crippen LogP contribution in [-0.2, 0) is 4.79 Å². The first-order valence-electron chi connectivity index (χ1n) is 8.11. The lowest BCUT2D eigenvalue weighted by atomic mass is 9.94. The van der Waals surface area contributed by atoms with Crippen LogP contribution in [0.25, 0.3) is 0 Å². The molecule has 3 saturated heterocycles. The minimum atomic E-state index is -0.0580. The molecule has 1 aromatic heterocycles. The molecule has 2 bridgehead atoms. The predicted octanol–water partition coefficient (Wildman–Crippen LogP) is 0.608. The van der Waals surface area contributed by atoms with Crippen LogP contribution in [0.4, 0.5) is 0 Å². The number of rotatable bonds is 3. The molecule has 0 unspecified atom stereocenters. The van der Waals surface area contributed by atoms with E-state index in [1.807, 2.05) is 4.90 Å². The van der Waals surface area contributed by atoms with Crippen molar-refractivity contribution >= 4 is 11.8 Å². The fourth-order valence-corrected chi connectivity index (χ4v) is 3.50. The molecular weight excluding hydrogens is 296 g/mol. The van der Waals surface area contributed by atoms with Crippen molar-refractivity contribution in [3.05, 3.63) is 17.5 Å². The number of nitrogens with zero attached hydrogens (tertiary/aromatic N) is 4. The van der Waals surface area contributed by atoms with Crippen LogP contribution in [0.1, 0.15) is 29.1 Å². The molecule has 3 fully saturated rings. The summed E-state index contributed by atoms with van der Waals surface area (Å²) < 4.78 is 5.03. The molecule has 23 heavy (non-hydrogen) atoms. The van der Waals surface area contributed by atoms with Gasteiger partial charge in [-0.1, -0.05) is 5.16 Å². The van der Waals surface area contributed by atoms with Crippen molar-refractivity contribution in [2.24, 2.45) is 5.92 Å². The van der Waals surface area contributed by atoms with E-state index in [-0.39, 0.29) is 17.9 Å². The second-order valence-corrected chi connectivity index (χ2v) is 6.86. The lowest BCUT2D eigenvalue weighted by Crippen LogP contribution is -2.48. The van der Waals surface area contributed by atoms with Gasteiger partial charge in [0.15, 0.2) is 5.69 Å². The second kappa shape index (κ2) is 6.31. The van der Waals surface area contributed by atoms with Gasteiger partial charge in [-0.25, -0.2) is 0 Å². The van der Waals surface area contributed by atoms with E-state index >= 15 is 0 Å². The third kappa shape index (κ3) is 3.39. The van der Waals surface area contributed by atoms with Crippen molar-refractivity contribution in [3.63, 3.8) is 0 Å². The predicted molar refractivity (Wildman–Crippen MR) is 83.9 cm³/mol. The smallest absolute Gasteiger partial charge is 0.276 e. The maximum absolute atomic E-state index is 12.7. The van der Waals surface area contributed by atoms with Crippen LogP contribution >= 0.6 is 0 Å². The molecule has 0 aliphatic carbocycles. The number of carbonyl (C=O) groups is 2. The fourth-order valence-electron chi connectivity index (χ4n) is 3.50. The number of hydrogen-bond acceptors (Lipinski definition) is 5. The summed E-state index contributed by atoms with van der Waals surface area (Å²) >= 11 is 0. The summed E-state index contributed by atoms with van der Waals surface area (Å²) in [6, 6.07) is 1.84. The van der Waals surface area contributed by atoms with Crippen molar-refractivity contribution in [2.75, 3.05) is 40.3 Å². The first-order valence-corrected chi connectivity index (χ1v) is 8.11. The molecular formula is C16H24N4O3. The highest BCUT2D eigenvalue weighted by molar-refractivity contribution is 5.92. The van der Waals surface area contributed by atoms with Crippen molar-refractivity contribution in [1.29, 1.82) is 0 Å². The number of piperidine rings is 1. The Balaban J connectivity index is 1.71. The molecule has 0 saturated carbocycles. The van der Waals surface area contributed by atoms with E-state index in [0.29, 0.717) is 23.9 Å². The van der Waals surface area contributed by atoms with E-state index in [0.717, 1.165) is 32.5 Å². The van der Waals surface area contributed by atoms with Crippen LogP contribution in [0.15, 0.2) is 10.6 Å². The van der Waals surface area contributed by atoms with Crippen molar-refractivity contribution in [3.8, 4) is 0 Å². The van der Waals surface area contributed by atoms with Gasteiger partial charge in [-0.05, 0) is 25.7 Å². The molecule has 7 nitrogen and oxygen atoms in total. The van der Waals surface area contributed by atoms with Gasteiger partial charge in [0.05, 0.1) is 6.54 Å². The fraction of sp³-hybridized carbons (Fsp3) is 0.688. The summed E-state index contributed by atoms with van der Waals surface area (Å²) in [5.41, 5.74) is 0.381.